The highest BCUT2D eigenvalue weighted by atomic mass is 15.2. The lowest BCUT2D eigenvalue weighted by Crippen LogP contribution is -1.98. The van der Waals surface area contributed by atoms with Gasteiger partial charge in [-0.05, 0) is 36.6 Å². The molecule has 0 fully saturated rings. The molecule has 2 rings (SSSR count). The van der Waals surface area contributed by atoms with Crippen molar-refractivity contribution in [3.05, 3.63) is 35.7 Å². The zero-order valence-electron chi connectivity index (χ0n) is 8.41. The molecule has 2 aromatic heterocycles. The van der Waals surface area contributed by atoms with Crippen LogP contribution in [0.15, 0.2) is 24.5 Å². The molecule has 0 aliphatic rings. The number of pyridine rings is 1. The van der Waals surface area contributed by atoms with Crippen LogP contribution in [0.3, 0.4) is 0 Å². The molecule has 0 amide bonds. The summed E-state index contributed by atoms with van der Waals surface area (Å²) in [6, 6.07) is 3.96. The Morgan fingerprint density at radius 3 is 3.07 bits per heavy atom. The zero-order valence-corrected chi connectivity index (χ0v) is 8.41. The summed E-state index contributed by atoms with van der Waals surface area (Å²) in [6.07, 6.45) is 4.51. The van der Waals surface area contributed by atoms with Crippen molar-refractivity contribution in [1.29, 1.82) is 5.41 Å². The Balaban J connectivity index is 2.60. The summed E-state index contributed by atoms with van der Waals surface area (Å²) in [7, 11) is 0. The molecule has 72 valence electrons. The number of nitrogens with one attached hydrogen (secondary N) is 1. The first-order chi connectivity index (χ1) is 6.72. The van der Waals surface area contributed by atoms with Crippen molar-refractivity contribution in [2.75, 3.05) is 0 Å². The molecule has 0 aliphatic heterocycles. The van der Waals surface area contributed by atoms with Crippen LogP contribution < -0.4 is 0 Å². The van der Waals surface area contributed by atoms with Crippen molar-refractivity contribution in [3.63, 3.8) is 0 Å². The molecule has 3 nitrogen and oxygen atoms in total. The number of hydrogen-bond acceptors (Lipinski definition) is 2. The first kappa shape index (κ1) is 8.94. The van der Waals surface area contributed by atoms with E-state index in [1.807, 2.05) is 42.9 Å². The fourth-order valence-electron chi connectivity index (χ4n) is 1.49. The van der Waals surface area contributed by atoms with Crippen LogP contribution >= 0.6 is 0 Å². The van der Waals surface area contributed by atoms with Crippen molar-refractivity contribution in [3.8, 4) is 0 Å². The van der Waals surface area contributed by atoms with Crippen molar-refractivity contribution >= 4 is 11.2 Å². The van der Waals surface area contributed by atoms with Crippen molar-refractivity contribution in [1.82, 2.24) is 9.61 Å². The normalized spacial score (nSPS) is 10.7. The maximum atomic E-state index is 7.75. The van der Waals surface area contributed by atoms with Crippen LogP contribution in [0.4, 0.5) is 0 Å². The standard InChI is InChI=1S/C11H13N3/c1-3-10(12)9-4-5-14-11(6-9)8(2)7-13-14/h4-7,12H,3H2,1-2H3. The second kappa shape index (κ2) is 3.25. The summed E-state index contributed by atoms with van der Waals surface area (Å²) in [5.74, 6) is 0. The fraction of sp³-hybridized carbons (Fsp3) is 0.273. The second-order valence-corrected chi connectivity index (χ2v) is 3.40. The topological polar surface area (TPSA) is 41.2 Å². The van der Waals surface area contributed by atoms with Gasteiger partial charge in [0.1, 0.15) is 0 Å². The molecule has 0 radical (unpaired) electrons. The molecular weight excluding hydrogens is 174 g/mol. The minimum absolute atomic E-state index is 0.674. The summed E-state index contributed by atoms with van der Waals surface area (Å²) in [6.45, 7) is 4.03. The van der Waals surface area contributed by atoms with E-state index in [4.69, 9.17) is 5.41 Å². The Morgan fingerprint density at radius 2 is 2.36 bits per heavy atom. The first-order valence-electron chi connectivity index (χ1n) is 4.74. The van der Waals surface area contributed by atoms with E-state index < -0.39 is 0 Å². The maximum Gasteiger partial charge on any atom is 0.0697 e. The Labute approximate surface area is 82.9 Å². The van der Waals surface area contributed by atoms with Gasteiger partial charge in [0.2, 0.25) is 0 Å². The van der Waals surface area contributed by atoms with E-state index in [0.29, 0.717) is 5.71 Å². The Morgan fingerprint density at radius 1 is 1.57 bits per heavy atom. The van der Waals surface area contributed by atoms with Crippen LogP contribution in [0.5, 0.6) is 0 Å². The van der Waals surface area contributed by atoms with Gasteiger partial charge in [-0.3, -0.25) is 0 Å². The smallest absolute Gasteiger partial charge is 0.0697 e. The molecule has 2 heterocycles. The summed E-state index contributed by atoms with van der Waals surface area (Å²) in [5.41, 5.74) is 3.90. The van der Waals surface area contributed by atoms with Gasteiger partial charge in [0.15, 0.2) is 0 Å². The molecule has 0 bridgehead atoms. The van der Waals surface area contributed by atoms with Crippen molar-refractivity contribution < 1.29 is 0 Å². The molecule has 0 saturated heterocycles. The summed E-state index contributed by atoms with van der Waals surface area (Å²) >= 11 is 0. The Hall–Kier alpha value is -1.64. The van der Waals surface area contributed by atoms with E-state index in [0.717, 1.165) is 23.1 Å². The average Bonchev–Trinajstić information content (AvgIpc) is 2.59. The van der Waals surface area contributed by atoms with Crippen LogP contribution in [0.2, 0.25) is 0 Å². The largest absolute Gasteiger partial charge is 0.305 e. The van der Waals surface area contributed by atoms with Crippen molar-refractivity contribution in [2.24, 2.45) is 0 Å². The van der Waals surface area contributed by atoms with Gasteiger partial charge in [-0.25, -0.2) is 4.52 Å². The van der Waals surface area contributed by atoms with Crippen LogP contribution in [-0.2, 0) is 0 Å². The lowest BCUT2D eigenvalue weighted by atomic mass is 10.1. The Bertz CT molecular complexity index is 482. The molecule has 2 aromatic rings. The third-order valence-corrected chi connectivity index (χ3v) is 2.42. The van der Waals surface area contributed by atoms with E-state index in [1.54, 1.807) is 0 Å². The van der Waals surface area contributed by atoms with Gasteiger partial charge < -0.3 is 5.41 Å². The number of fused-ring (bicyclic) bond motifs is 1. The number of aryl methyl sites for hydroxylation is 1. The highest BCUT2D eigenvalue weighted by Gasteiger charge is 2.03. The fourth-order valence-corrected chi connectivity index (χ4v) is 1.49. The zero-order chi connectivity index (χ0) is 10.1. The molecule has 0 aliphatic carbocycles. The average molecular weight is 187 g/mol. The molecular formula is C11H13N3. The predicted octanol–water partition coefficient (Wildman–Crippen LogP) is 2.42. The molecule has 0 aromatic carbocycles. The molecule has 3 heteroatoms. The van der Waals surface area contributed by atoms with Crippen LogP contribution in [0, 0.1) is 12.3 Å². The maximum absolute atomic E-state index is 7.75. The number of nitrogens with zero attached hydrogens (tertiary/aromatic N) is 2. The Kier molecular flexibility index (Phi) is 2.08. The number of aromatic nitrogens is 2. The van der Waals surface area contributed by atoms with Crippen LogP contribution in [-0.4, -0.2) is 15.3 Å². The summed E-state index contributed by atoms with van der Waals surface area (Å²) in [4.78, 5) is 0. The molecule has 0 atom stereocenters. The quantitative estimate of drug-likeness (QED) is 0.721. The monoisotopic (exact) mass is 187 g/mol. The van der Waals surface area contributed by atoms with E-state index in [-0.39, 0.29) is 0 Å². The second-order valence-electron chi connectivity index (χ2n) is 3.40. The first-order valence-corrected chi connectivity index (χ1v) is 4.74. The van der Waals surface area contributed by atoms with Gasteiger partial charge in [-0.15, -0.1) is 0 Å². The molecule has 0 unspecified atom stereocenters. The van der Waals surface area contributed by atoms with Gasteiger partial charge >= 0.3 is 0 Å². The number of rotatable bonds is 2. The van der Waals surface area contributed by atoms with Gasteiger partial charge in [-0.2, -0.15) is 5.10 Å². The van der Waals surface area contributed by atoms with Gasteiger partial charge in [0.05, 0.1) is 11.7 Å². The number of hydrogen-bond donors (Lipinski definition) is 1. The van der Waals surface area contributed by atoms with Gasteiger partial charge in [-0.1, -0.05) is 6.92 Å². The highest BCUT2D eigenvalue weighted by Crippen LogP contribution is 2.12. The SMILES string of the molecule is CCC(=N)c1ccn2ncc(C)c2c1. The lowest BCUT2D eigenvalue weighted by Gasteiger charge is -2.01. The lowest BCUT2D eigenvalue weighted by molar-refractivity contribution is 0.960. The van der Waals surface area contributed by atoms with Crippen LogP contribution in [0.1, 0.15) is 24.5 Å². The highest BCUT2D eigenvalue weighted by molar-refractivity contribution is 5.98. The van der Waals surface area contributed by atoms with E-state index in [1.165, 1.54) is 0 Å². The predicted molar refractivity (Wildman–Crippen MR) is 57.0 cm³/mol. The molecule has 14 heavy (non-hydrogen) atoms. The van der Waals surface area contributed by atoms with Gasteiger partial charge in [0, 0.05) is 11.9 Å². The molecule has 1 N–H and O–H groups in total. The van der Waals surface area contributed by atoms with E-state index >= 15 is 0 Å². The third-order valence-electron chi connectivity index (χ3n) is 2.42. The molecule has 0 saturated carbocycles. The summed E-state index contributed by atoms with van der Waals surface area (Å²) < 4.78 is 1.84. The minimum Gasteiger partial charge on any atom is -0.305 e. The summed E-state index contributed by atoms with van der Waals surface area (Å²) in [5, 5.41) is 11.9. The van der Waals surface area contributed by atoms with Gasteiger partial charge in [0.25, 0.3) is 0 Å². The minimum atomic E-state index is 0.674. The van der Waals surface area contributed by atoms with Crippen molar-refractivity contribution in [2.45, 2.75) is 20.3 Å². The third kappa shape index (κ3) is 1.31. The van der Waals surface area contributed by atoms with E-state index in [9.17, 15) is 0 Å². The van der Waals surface area contributed by atoms with E-state index in [2.05, 4.69) is 5.10 Å². The molecule has 0 spiro atoms. The van der Waals surface area contributed by atoms with Crippen LogP contribution in [0.25, 0.3) is 5.52 Å².